The molecular formula is C19H21N5O2. The SMILES string of the molecule is C[C@@H](CCc1ccccc1)NC(=O)COc1cccc(-n2cnnn2)c1. The minimum absolute atomic E-state index is 0.0330. The largest absolute Gasteiger partial charge is 0.484 e. The van der Waals surface area contributed by atoms with Crippen molar-refractivity contribution in [3.8, 4) is 11.4 Å². The number of carbonyl (C=O) groups is 1. The Labute approximate surface area is 152 Å². The molecule has 3 aromatic rings. The van der Waals surface area contributed by atoms with E-state index in [2.05, 4.69) is 33.0 Å². The Balaban J connectivity index is 1.44. The lowest BCUT2D eigenvalue weighted by atomic mass is 10.1. The average Bonchev–Trinajstić information content (AvgIpc) is 3.21. The van der Waals surface area contributed by atoms with E-state index in [1.165, 1.54) is 16.6 Å². The van der Waals surface area contributed by atoms with Crippen molar-refractivity contribution in [2.75, 3.05) is 6.61 Å². The van der Waals surface area contributed by atoms with Crippen molar-refractivity contribution < 1.29 is 9.53 Å². The fourth-order valence-corrected chi connectivity index (χ4v) is 2.56. The summed E-state index contributed by atoms with van der Waals surface area (Å²) in [6, 6.07) is 17.6. The van der Waals surface area contributed by atoms with Gasteiger partial charge in [-0.3, -0.25) is 4.79 Å². The van der Waals surface area contributed by atoms with E-state index in [0.717, 1.165) is 18.5 Å². The molecule has 0 radical (unpaired) electrons. The molecule has 1 heterocycles. The van der Waals surface area contributed by atoms with Crippen molar-refractivity contribution in [1.29, 1.82) is 0 Å². The predicted molar refractivity (Wildman–Crippen MR) is 97.0 cm³/mol. The van der Waals surface area contributed by atoms with Crippen LogP contribution >= 0.6 is 0 Å². The maximum absolute atomic E-state index is 12.1. The number of carbonyl (C=O) groups excluding carboxylic acids is 1. The van der Waals surface area contributed by atoms with Crippen molar-refractivity contribution >= 4 is 5.91 Å². The van der Waals surface area contributed by atoms with Gasteiger partial charge in [0.15, 0.2) is 6.61 Å². The highest BCUT2D eigenvalue weighted by Crippen LogP contribution is 2.15. The second-order valence-electron chi connectivity index (χ2n) is 6.03. The normalized spacial score (nSPS) is 11.7. The molecule has 7 heteroatoms. The molecule has 1 amide bonds. The summed E-state index contributed by atoms with van der Waals surface area (Å²) in [4.78, 5) is 12.1. The van der Waals surface area contributed by atoms with Gasteiger partial charge >= 0.3 is 0 Å². The molecule has 0 saturated heterocycles. The van der Waals surface area contributed by atoms with Crippen LogP contribution in [0.15, 0.2) is 60.9 Å². The number of tetrazole rings is 1. The van der Waals surface area contributed by atoms with Crippen LogP contribution in [0.25, 0.3) is 5.69 Å². The Morgan fingerprint density at radius 3 is 2.81 bits per heavy atom. The van der Waals surface area contributed by atoms with E-state index in [9.17, 15) is 4.79 Å². The Morgan fingerprint density at radius 1 is 1.19 bits per heavy atom. The summed E-state index contributed by atoms with van der Waals surface area (Å²) in [6.07, 6.45) is 3.31. The maximum atomic E-state index is 12.1. The molecular weight excluding hydrogens is 330 g/mol. The summed E-state index contributed by atoms with van der Waals surface area (Å²) < 4.78 is 7.10. The molecule has 1 atom stereocenters. The summed E-state index contributed by atoms with van der Waals surface area (Å²) in [6.45, 7) is 1.97. The van der Waals surface area contributed by atoms with E-state index in [0.29, 0.717) is 5.75 Å². The van der Waals surface area contributed by atoms with E-state index in [1.807, 2.05) is 37.3 Å². The summed E-state index contributed by atoms with van der Waals surface area (Å²) in [5.41, 5.74) is 2.04. The number of nitrogens with one attached hydrogen (secondary N) is 1. The van der Waals surface area contributed by atoms with Gasteiger partial charge in [0, 0.05) is 12.1 Å². The number of benzene rings is 2. The van der Waals surface area contributed by atoms with E-state index in [4.69, 9.17) is 4.74 Å². The van der Waals surface area contributed by atoms with Gasteiger partial charge in [0.1, 0.15) is 12.1 Å². The molecule has 0 saturated carbocycles. The van der Waals surface area contributed by atoms with Gasteiger partial charge < -0.3 is 10.1 Å². The van der Waals surface area contributed by atoms with E-state index >= 15 is 0 Å². The van der Waals surface area contributed by atoms with Gasteiger partial charge in [0.05, 0.1) is 5.69 Å². The lowest BCUT2D eigenvalue weighted by Gasteiger charge is -2.14. The monoisotopic (exact) mass is 351 g/mol. The first-order chi connectivity index (χ1) is 12.7. The van der Waals surface area contributed by atoms with Crippen LogP contribution in [-0.4, -0.2) is 38.8 Å². The molecule has 134 valence electrons. The summed E-state index contributed by atoms with van der Waals surface area (Å²) in [5, 5.41) is 14.0. The van der Waals surface area contributed by atoms with Crippen molar-refractivity contribution in [2.45, 2.75) is 25.8 Å². The fourth-order valence-electron chi connectivity index (χ4n) is 2.56. The number of aromatic nitrogens is 4. The van der Waals surface area contributed by atoms with Crippen molar-refractivity contribution in [3.63, 3.8) is 0 Å². The highest BCUT2D eigenvalue weighted by atomic mass is 16.5. The third-order valence-corrected chi connectivity index (χ3v) is 3.92. The van der Waals surface area contributed by atoms with Gasteiger partial charge in [0.2, 0.25) is 0 Å². The highest BCUT2D eigenvalue weighted by molar-refractivity contribution is 5.77. The van der Waals surface area contributed by atoms with Crippen LogP contribution in [0.2, 0.25) is 0 Å². The molecule has 0 aliphatic carbocycles. The second-order valence-corrected chi connectivity index (χ2v) is 6.03. The Kier molecular flexibility index (Phi) is 5.92. The number of rotatable bonds is 8. The van der Waals surface area contributed by atoms with Gasteiger partial charge in [-0.25, -0.2) is 4.68 Å². The Bertz CT molecular complexity index is 821. The first-order valence-corrected chi connectivity index (χ1v) is 8.50. The summed E-state index contributed by atoms with van der Waals surface area (Å²) in [7, 11) is 0. The van der Waals surface area contributed by atoms with Crippen molar-refractivity contribution in [1.82, 2.24) is 25.5 Å². The van der Waals surface area contributed by atoms with Crippen LogP contribution in [0, 0.1) is 0 Å². The zero-order valence-corrected chi connectivity index (χ0v) is 14.6. The van der Waals surface area contributed by atoms with Crippen LogP contribution < -0.4 is 10.1 Å². The quantitative estimate of drug-likeness (QED) is 0.673. The van der Waals surface area contributed by atoms with Crippen LogP contribution in [0.3, 0.4) is 0 Å². The molecule has 0 spiro atoms. The second kappa shape index (κ2) is 8.75. The minimum atomic E-state index is -0.140. The number of hydrogen-bond donors (Lipinski definition) is 1. The molecule has 26 heavy (non-hydrogen) atoms. The van der Waals surface area contributed by atoms with Crippen LogP contribution in [-0.2, 0) is 11.2 Å². The highest BCUT2D eigenvalue weighted by Gasteiger charge is 2.09. The van der Waals surface area contributed by atoms with E-state index in [-0.39, 0.29) is 18.6 Å². The van der Waals surface area contributed by atoms with Crippen LogP contribution in [0.1, 0.15) is 18.9 Å². The molecule has 0 bridgehead atoms. The number of nitrogens with zero attached hydrogens (tertiary/aromatic N) is 4. The minimum Gasteiger partial charge on any atom is -0.484 e. The van der Waals surface area contributed by atoms with Gasteiger partial charge in [-0.15, -0.1) is 5.10 Å². The smallest absolute Gasteiger partial charge is 0.258 e. The van der Waals surface area contributed by atoms with Crippen LogP contribution in [0.4, 0.5) is 0 Å². The number of aryl methyl sites for hydroxylation is 1. The molecule has 3 rings (SSSR count). The zero-order valence-electron chi connectivity index (χ0n) is 14.6. The lowest BCUT2D eigenvalue weighted by Crippen LogP contribution is -2.36. The first kappa shape index (κ1) is 17.6. The third-order valence-electron chi connectivity index (χ3n) is 3.92. The van der Waals surface area contributed by atoms with Gasteiger partial charge in [0.25, 0.3) is 5.91 Å². The van der Waals surface area contributed by atoms with Crippen molar-refractivity contribution in [2.24, 2.45) is 0 Å². The van der Waals surface area contributed by atoms with E-state index in [1.54, 1.807) is 12.1 Å². The average molecular weight is 351 g/mol. The number of hydrogen-bond acceptors (Lipinski definition) is 5. The molecule has 7 nitrogen and oxygen atoms in total. The molecule has 2 aromatic carbocycles. The molecule has 1 N–H and O–H groups in total. The lowest BCUT2D eigenvalue weighted by molar-refractivity contribution is -0.123. The molecule has 0 unspecified atom stereocenters. The van der Waals surface area contributed by atoms with Gasteiger partial charge in [-0.2, -0.15) is 0 Å². The maximum Gasteiger partial charge on any atom is 0.258 e. The predicted octanol–water partition coefficient (Wildman–Crippen LogP) is 2.18. The Hall–Kier alpha value is -3.22. The van der Waals surface area contributed by atoms with Crippen molar-refractivity contribution in [3.05, 3.63) is 66.5 Å². The summed E-state index contributed by atoms with van der Waals surface area (Å²) in [5.74, 6) is 0.448. The van der Waals surface area contributed by atoms with Crippen LogP contribution in [0.5, 0.6) is 5.75 Å². The molecule has 0 aliphatic rings. The number of ether oxygens (including phenoxy) is 1. The van der Waals surface area contributed by atoms with Gasteiger partial charge in [-0.1, -0.05) is 36.4 Å². The third kappa shape index (κ3) is 5.14. The Morgan fingerprint density at radius 2 is 2.04 bits per heavy atom. The standard InChI is InChI=1S/C19H21N5O2/c1-15(10-11-16-6-3-2-4-7-16)21-19(25)13-26-18-9-5-8-17(12-18)24-14-20-22-23-24/h2-9,12,14-15H,10-11,13H2,1H3,(H,21,25)/t15-/m0/s1. The van der Waals surface area contributed by atoms with Gasteiger partial charge in [-0.05, 0) is 47.9 Å². The van der Waals surface area contributed by atoms with E-state index < -0.39 is 0 Å². The first-order valence-electron chi connectivity index (χ1n) is 8.50. The summed E-state index contributed by atoms with van der Waals surface area (Å²) >= 11 is 0. The molecule has 0 aliphatic heterocycles. The molecule has 0 fully saturated rings. The fraction of sp³-hybridized carbons (Fsp3) is 0.263. The topological polar surface area (TPSA) is 81.9 Å². The zero-order chi connectivity index (χ0) is 18.2. The number of amides is 1. The molecule has 1 aromatic heterocycles.